The van der Waals surface area contributed by atoms with Gasteiger partial charge >= 0.3 is 0 Å². The Labute approximate surface area is 169 Å². The third-order valence-corrected chi connectivity index (χ3v) is 5.18. The lowest BCUT2D eigenvalue weighted by molar-refractivity contribution is -0.128. The summed E-state index contributed by atoms with van der Waals surface area (Å²) in [5, 5.41) is 7.73. The van der Waals surface area contributed by atoms with Crippen molar-refractivity contribution in [3.05, 3.63) is 66.6 Å². The summed E-state index contributed by atoms with van der Waals surface area (Å²) in [5.41, 5.74) is 3.59. The molecule has 4 rings (SSSR count). The zero-order valence-electron chi connectivity index (χ0n) is 16.3. The van der Waals surface area contributed by atoms with E-state index in [9.17, 15) is 9.59 Å². The van der Waals surface area contributed by atoms with Crippen molar-refractivity contribution in [3.8, 4) is 16.9 Å². The number of hydrogen-bond acceptors (Lipinski definition) is 4. The number of likely N-dealkylation sites (tertiary alicyclic amines) is 1. The summed E-state index contributed by atoms with van der Waals surface area (Å²) in [5.74, 6) is -0.347. The monoisotopic (exact) mass is 389 g/mol. The molecule has 2 aromatic heterocycles. The molecule has 0 saturated carbocycles. The first-order valence-corrected chi connectivity index (χ1v) is 9.75. The van der Waals surface area contributed by atoms with Gasteiger partial charge in [-0.1, -0.05) is 18.2 Å². The van der Waals surface area contributed by atoms with Gasteiger partial charge in [0.15, 0.2) is 0 Å². The molecule has 148 valence electrons. The Morgan fingerprint density at radius 1 is 1.17 bits per heavy atom. The maximum atomic E-state index is 12.6. The number of nitrogens with one attached hydrogen (secondary N) is 1. The van der Waals surface area contributed by atoms with Gasteiger partial charge in [0.25, 0.3) is 0 Å². The molecule has 0 spiro atoms. The third kappa shape index (κ3) is 4.03. The smallest absolute Gasteiger partial charge is 0.225 e. The largest absolute Gasteiger partial charge is 0.352 e. The maximum Gasteiger partial charge on any atom is 0.225 e. The summed E-state index contributed by atoms with van der Waals surface area (Å²) in [7, 11) is 0. The fourth-order valence-corrected chi connectivity index (χ4v) is 3.58. The van der Waals surface area contributed by atoms with Crippen LogP contribution in [0.2, 0.25) is 0 Å². The number of para-hydroxylation sites is 1. The summed E-state index contributed by atoms with van der Waals surface area (Å²) in [6.07, 6.45) is 5.66. The molecular weight excluding hydrogens is 366 g/mol. The van der Waals surface area contributed by atoms with Crippen molar-refractivity contribution in [2.24, 2.45) is 5.92 Å². The lowest BCUT2D eigenvalue weighted by Crippen LogP contribution is -2.32. The molecule has 1 fully saturated rings. The number of pyridine rings is 1. The minimum absolute atomic E-state index is 0.0435. The molecule has 1 aliphatic heterocycles. The molecule has 0 bridgehead atoms. The average Bonchev–Trinajstić information content (AvgIpc) is 3.37. The van der Waals surface area contributed by atoms with Crippen molar-refractivity contribution in [2.45, 2.75) is 19.9 Å². The van der Waals surface area contributed by atoms with E-state index in [1.165, 1.54) is 0 Å². The van der Waals surface area contributed by atoms with Crippen LogP contribution in [0.1, 0.15) is 18.9 Å². The SMILES string of the molecule is CCN1CC(C(=O)NCc2cn(-c3ccccc3)nc2-c2ccncc2)CC1=O. The van der Waals surface area contributed by atoms with Crippen molar-refractivity contribution in [1.82, 2.24) is 25.0 Å². The number of carbonyl (C=O) groups excluding carboxylic acids is 2. The minimum atomic E-state index is -0.295. The van der Waals surface area contributed by atoms with Crippen LogP contribution < -0.4 is 5.32 Å². The Kier molecular flexibility index (Phi) is 5.37. The van der Waals surface area contributed by atoms with E-state index in [-0.39, 0.29) is 24.2 Å². The molecule has 29 heavy (non-hydrogen) atoms. The van der Waals surface area contributed by atoms with Crippen LogP contribution >= 0.6 is 0 Å². The minimum Gasteiger partial charge on any atom is -0.352 e. The highest BCUT2D eigenvalue weighted by atomic mass is 16.2. The normalized spacial score (nSPS) is 16.2. The van der Waals surface area contributed by atoms with E-state index in [4.69, 9.17) is 5.10 Å². The van der Waals surface area contributed by atoms with Crippen molar-refractivity contribution in [1.29, 1.82) is 0 Å². The van der Waals surface area contributed by atoms with Gasteiger partial charge in [-0.2, -0.15) is 5.10 Å². The zero-order chi connectivity index (χ0) is 20.2. The van der Waals surface area contributed by atoms with Crippen LogP contribution in [-0.2, 0) is 16.1 Å². The van der Waals surface area contributed by atoms with Gasteiger partial charge in [-0.25, -0.2) is 4.68 Å². The Morgan fingerprint density at radius 2 is 1.93 bits per heavy atom. The van der Waals surface area contributed by atoms with E-state index >= 15 is 0 Å². The van der Waals surface area contributed by atoms with E-state index in [0.717, 1.165) is 22.5 Å². The van der Waals surface area contributed by atoms with E-state index < -0.39 is 0 Å². The Bertz CT molecular complexity index is 1000. The quantitative estimate of drug-likeness (QED) is 0.702. The van der Waals surface area contributed by atoms with E-state index in [1.807, 2.05) is 60.3 Å². The van der Waals surface area contributed by atoms with Crippen LogP contribution in [-0.4, -0.2) is 44.6 Å². The molecule has 3 heterocycles. The number of nitrogens with zero attached hydrogens (tertiary/aromatic N) is 4. The fraction of sp³-hybridized carbons (Fsp3) is 0.273. The summed E-state index contributed by atoms with van der Waals surface area (Å²) in [4.78, 5) is 30.3. The second kappa shape index (κ2) is 8.26. The van der Waals surface area contributed by atoms with Gasteiger partial charge in [-0.05, 0) is 31.2 Å². The number of carbonyl (C=O) groups is 2. The molecule has 0 aliphatic carbocycles. The van der Waals surface area contributed by atoms with Gasteiger partial charge < -0.3 is 10.2 Å². The maximum absolute atomic E-state index is 12.6. The molecule has 7 heteroatoms. The first-order valence-electron chi connectivity index (χ1n) is 9.75. The van der Waals surface area contributed by atoms with Crippen molar-refractivity contribution in [2.75, 3.05) is 13.1 Å². The molecule has 1 unspecified atom stereocenters. The number of benzene rings is 1. The van der Waals surface area contributed by atoms with Gasteiger partial charge in [0.1, 0.15) is 0 Å². The Morgan fingerprint density at radius 3 is 2.62 bits per heavy atom. The topological polar surface area (TPSA) is 80.1 Å². The molecule has 7 nitrogen and oxygen atoms in total. The predicted molar refractivity (Wildman–Crippen MR) is 109 cm³/mol. The summed E-state index contributed by atoms with van der Waals surface area (Å²) in [6.45, 7) is 3.40. The van der Waals surface area contributed by atoms with Crippen molar-refractivity contribution < 1.29 is 9.59 Å². The highest BCUT2D eigenvalue weighted by Gasteiger charge is 2.33. The number of rotatable bonds is 6. The molecule has 1 atom stereocenters. The second-order valence-electron chi connectivity index (χ2n) is 7.07. The first kappa shape index (κ1) is 18.9. The first-order chi connectivity index (χ1) is 14.2. The molecule has 0 radical (unpaired) electrons. The third-order valence-electron chi connectivity index (χ3n) is 5.18. The molecule has 1 saturated heterocycles. The zero-order valence-corrected chi connectivity index (χ0v) is 16.3. The van der Waals surface area contributed by atoms with E-state index in [1.54, 1.807) is 17.3 Å². The van der Waals surface area contributed by atoms with Crippen molar-refractivity contribution in [3.63, 3.8) is 0 Å². The van der Waals surface area contributed by atoms with Gasteiger partial charge in [0, 0.05) is 55.8 Å². The number of aromatic nitrogens is 3. The standard InChI is InChI=1S/C22H23N5O2/c1-2-26-14-17(12-20(26)28)22(29)24-13-18-15-27(19-6-4-3-5-7-19)25-21(18)16-8-10-23-11-9-16/h3-11,15,17H,2,12-14H2,1H3,(H,24,29). The van der Waals surface area contributed by atoms with Crippen molar-refractivity contribution >= 4 is 11.8 Å². The second-order valence-corrected chi connectivity index (χ2v) is 7.07. The number of hydrogen-bond donors (Lipinski definition) is 1. The van der Waals surface area contributed by atoms with Gasteiger partial charge in [0.2, 0.25) is 11.8 Å². The summed E-state index contributed by atoms with van der Waals surface area (Å²) >= 11 is 0. The highest BCUT2D eigenvalue weighted by molar-refractivity contribution is 5.89. The predicted octanol–water partition coefficient (Wildman–Crippen LogP) is 2.42. The van der Waals surface area contributed by atoms with Gasteiger partial charge in [-0.3, -0.25) is 14.6 Å². The molecule has 2 amide bonds. The van der Waals surface area contributed by atoms with Crippen LogP contribution in [0.5, 0.6) is 0 Å². The Balaban J connectivity index is 1.55. The Hall–Kier alpha value is -3.48. The van der Waals surface area contributed by atoms with Crippen LogP contribution in [0.15, 0.2) is 61.1 Å². The molecular formula is C22H23N5O2. The molecule has 1 aromatic carbocycles. The lowest BCUT2D eigenvalue weighted by atomic mass is 10.1. The van der Waals surface area contributed by atoms with Crippen LogP contribution in [0.3, 0.4) is 0 Å². The number of amides is 2. The molecule has 1 N–H and O–H groups in total. The lowest BCUT2D eigenvalue weighted by Gasteiger charge is -2.13. The summed E-state index contributed by atoms with van der Waals surface area (Å²) in [6, 6.07) is 13.6. The van der Waals surface area contributed by atoms with E-state index in [2.05, 4.69) is 10.3 Å². The molecule has 3 aromatic rings. The average molecular weight is 389 g/mol. The van der Waals surface area contributed by atoms with Crippen LogP contribution in [0, 0.1) is 5.92 Å². The molecule has 1 aliphatic rings. The fourth-order valence-electron chi connectivity index (χ4n) is 3.58. The van der Waals surface area contributed by atoms with Crippen LogP contribution in [0.25, 0.3) is 16.9 Å². The van der Waals surface area contributed by atoms with Crippen LogP contribution in [0.4, 0.5) is 0 Å². The summed E-state index contributed by atoms with van der Waals surface area (Å²) < 4.78 is 1.81. The highest BCUT2D eigenvalue weighted by Crippen LogP contribution is 2.24. The van der Waals surface area contributed by atoms with E-state index in [0.29, 0.717) is 19.6 Å². The van der Waals surface area contributed by atoms with Gasteiger partial charge in [0.05, 0.1) is 17.3 Å². The van der Waals surface area contributed by atoms with Gasteiger partial charge in [-0.15, -0.1) is 0 Å².